The highest BCUT2D eigenvalue weighted by atomic mass is 32.1. The van der Waals surface area contributed by atoms with Crippen molar-refractivity contribution in [1.82, 2.24) is 4.98 Å². The first-order valence-electron chi connectivity index (χ1n) is 8.53. The molecule has 0 spiro atoms. The fourth-order valence-electron chi connectivity index (χ4n) is 2.44. The maximum absolute atomic E-state index is 12.2. The Morgan fingerprint density at radius 1 is 1.18 bits per heavy atom. The second kappa shape index (κ2) is 8.96. The van der Waals surface area contributed by atoms with Crippen molar-refractivity contribution in [1.29, 1.82) is 0 Å². The number of hydrogen-bond acceptors (Lipinski definition) is 5. The number of para-hydroxylation sites is 1. The van der Waals surface area contributed by atoms with Crippen LogP contribution in [0.15, 0.2) is 60.0 Å². The van der Waals surface area contributed by atoms with Crippen molar-refractivity contribution in [2.45, 2.75) is 13.5 Å². The van der Waals surface area contributed by atoms with Gasteiger partial charge in [-0.15, -0.1) is 11.3 Å². The van der Waals surface area contributed by atoms with Crippen molar-refractivity contribution in [2.24, 2.45) is 5.73 Å². The number of nitrogens with one attached hydrogen (secondary N) is 1. The number of primary amides is 1. The summed E-state index contributed by atoms with van der Waals surface area (Å²) in [7, 11) is 0. The van der Waals surface area contributed by atoms with E-state index >= 15 is 0 Å². The summed E-state index contributed by atoms with van der Waals surface area (Å²) in [6, 6.07) is 13.8. The summed E-state index contributed by atoms with van der Waals surface area (Å²) >= 11 is 1.58. The molecule has 0 fully saturated rings. The highest BCUT2D eigenvalue weighted by Gasteiger charge is 2.05. The quantitative estimate of drug-likeness (QED) is 0.597. The number of amides is 2. The van der Waals surface area contributed by atoms with Crippen molar-refractivity contribution < 1.29 is 14.3 Å². The van der Waals surface area contributed by atoms with E-state index in [1.165, 1.54) is 6.08 Å². The molecule has 0 aliphatic carbocycles. The molecule has 0 saturated carbocycles. The fraction of sp³-hybridized carbons (Fsp3) is 0.0952. The van der Waals surface area contributed by atoms with Gasteiger partial charge in [0.2, 0.25) is 11.8 Å². The topological polar surface area (TPSA) is 94.3 Å². The molecule has 1 aromatic heterocycles. The van der Waals surface area contributed by atoms with Gasteiger partial charge in [0.05, 0.1) is 10.7 Å². The number of benzene rings is 2. The summed E-state index contributed by atoms with van der Waals surface area (Å²) in [5.41, 5.74) is 7.82. The number of aromatic nitrogens is 1. The molecule has 28 heavy (non-hydrogen) atoms. The summed E-state index contributed by atoms with van der Waals surface area (Å²) in [5, 5.41) is 5.69. The van der Waals surface area contributed by atoms with Gasteiger partial charge in [0.15, 0.2) is 0 Å². The van der Waals surface area contributed by atoms with Gasteiger partial charge in [0, 0.05) is 28.3 Å². The lowest BCUT2D eigenvalue weighted by atomic mass is 10.2. The molecular weight excluding hydrogens is 374 g/mol. The average molecular weight is 393 g/mol. The Bertz CT molecular complexity index is 1010. The van der Waals surface area contributed by atoms with Crippen LogP contribution in [-0.2, 0) is 11.4 Å². The van der Waals surface area contributed by atoms with E-state index in [4.69, 9.17) is 10.5 Å². The van der Waals surface area contributed by atoms with E-state index in [1.807, 2.05) is 36.6 Å². The number of anilines is 1. The minimum absolute atomic E-state index is 0.295. The van der Waals surface area contributed by atoms with Crippen LogP contribution in [0.3, 0.4) is 0 Å². The average Bonchev–Trinajstić information content (AvgIpc) is 3.11. The first-order valence-corrected chi connectivity index (χ1v) is 9.41. The third-order valence-electron chi connectivity index (χ3n) is 3.81. The standard InChI is InChI=1S/C21H19N3O3S/c1-14-23-18(13-28-14)12-27-19-5-3-2-4-15(19)8-11-20(25)24-17-9-6-16(7-10-17)21(22)26/h2-11,13H,12H2,1H3,(H2,22,26)(H,24,25)/b11-8+. The van der Waals surface area contributed by atoms with E-state index in [2.05, 4.69) is 10.3 Å². The molecule has 0 unspecified atom stereocenters. The van der Waals surface area contributed by atoms with Crippen molar-refractivity contribution in [3.05, 3.63) is 81.8 Å². The lowest BCUT2D eigenvalue weighted by Crippen LogP contribution is -2.11. The normalized spacial score (nSPS) is 10.8. The number of nitrogens with two attached hydrogens (primary N) is 1. The van der Waals surface area contributed by atoms with Crippen molar-refractivity contribution in [3.8, 4) is 5.75 Å². The number of ether oxygens (including phenoxy) is 1. The lowest BCUT2D eigenvalue weighted by Gasteiger charge is -2.08. The molecule has 3 N–H and O–H groups in total. The molecule has 7 heteroatoms. The van der Waals surface area contributed by atoms with Gasteiger partial charge < -0.3 is 15.8 Å². The Kier molecular flexibility index (Phi) is 6.18. The highest BCUT2D eigenvalue weighted by molar-refractivity contribution is 7.09. The minimum Gasteiger partial charge on any atom is -0.487 e. The molecule has 2 amide bonds. The first kappa shape index (κ1) is 19.3. The number of hydrogen-bond donors (Lipinski definition) is 2. The second-order valence-corrected chi connectivity index (χ2v) is 7.01. The largest absolute Gasteiger partial charge is 0.487 e. The van der Waals surface area contributed by atoms with E-state index in [0.29, 0.717) is 23.6 Å². The molecular formula is C21H19N3O3S. The summed E-state index contributed by atoms with van der Waals surface area (Å²) in [5.74, 6) is -0.137. The molecule has 142 valence electrons. The third kappa shape index (κ3) is 5.28. The molecule has 0 radical (unpaired) electrons. The molecule has 2 aromatic carbocycles. The predicted octanol–water partition coefficient (Wildman–Crippen LogP) is 3.78. The van der Waals surface area contributed by atoms with Gasteiger partial charge in [-0.2, -0.15) is 0 Å². The van der Waals surface area contributed by atoms with E-state index in [-0.39, 0.29) is 5.91 Å². The zero-order valence-electron chi connectivity index (χ0n) is 15.2. The van der Waals surface area contributed by atoms with Crippen LogP contribution >= 0.6 is 11.3 Å². The minimum atomic E-state index is -0.512. The van der Waals surface area contributed by atoms with Gasteiger partial charge in [-0.3, -0.25) is 9.59 Å². The maximum Gasteiger partial charge on any atom is 0.248 e. The fourth-order valence-corrected chi connectivity index (χ4v) is 3.04. The Balaban J connectivity index is 1.63. The van der Waals surface area contributed by atoms with Crippen LogP contribution in [0.5, 0.6) is 5.75 Å². The number of carbonyl (C=O) groups excluding carboxylic acids is 2. The highest BCUT2D eigenvalue weighted by Crippen LogP contribution is 2.21. The SMILES string of the molecule is Cc1nc(COc2ccccc2/C=C/C(=O)Nc2ccc(C(N)=O)cc2)cs1. The van der Waals surface area contributed by atoms with Crippen LogP contribution in [0.1, 0.15) is 26.6 Å². The Hall–Kier alpha value is -3.45. The molecule has 0 saturated heterocycles. The van der Waals surface area contributed by atoms with E-state index in [0.717, 1.165) is 16.3 Å². The molecule has 0 bridgehead atoms. The second-order valence-electron chi connectivity index (χ2n) is 5.95. The van der Waals surface area contributed by atoms with Gasteiger partial charge in [-0.05, 0) is 43.3 Å². The van der Waals surface area contributed by atoms with Gasteiger partial charge in [0.25, 0.3) is 0 Å². The molecule has 3 rings (SSSR count). The van der Waals surface area contributed by atoms with Crippen LogP contribution in [0.25, 0.3) is 6.08 Å². The predicted molar refractivity (Wildman–Crippen MR) is 110 cm³/mol. The summed E-state index contributed by atoms with van der Waals surface area (Å²) < 4.78 is 5.84. The zero-order valence-corrected chi connectivity index (χ0v) is 16.0. The lowest BCUT2D eigenvalue weighted by molar-refractivity contribution is -0.111. The zero-order chi connectivity index (χ0) is 19.9. The maximum atomic E-state index is 12.2. The van der Waals surface area contributed by atoms with E-state index < -0.39 is 5.91 Å². The molecule has 0 aliphatic rings. The van der Waals surface area contributed by atoms with Crippen LogP contribution in [0.2, 0.25) is 0 Å². The number of thiazole rings is 1. The molecule has 0 aliphatic heterocycles. The Labute approximate surface area is 166 Å². The summed E-state index contributed by atoms with van der Waals surface area (Å²) in [6.45, 7) is 2.32. The van der Waals surface area contributed by atoms with Gasteiger partial charge in [-0.1, -0.05) is 18.2 Å². The van der Waals surface area contributed by atoms with Crippen molar-refractivity contribution >= 4 is 34.9 Å². The monoisotopic (exact) mass is 393 g/mol. The number of aryl methyl sites for hydroxylation is 1. The van der Waals surface area contributed by atoms with E-state index in [1.54, 1.807) is 41.7 Å². The van der Waals surface area contributed by atoms with Crippen LogP contribution in [-0.4, -0.2) is 16.8 Å². The summed E-state index contributed by atoms with van der Waals surface area (Å²) in [4.78, 5) is 27.6. The van der Waals surface area contributed by atoms with Crippen LogP contribution in [0, 0.1) is 6.92 Å². The number of nitrogens with zero attached hydrogens (tertiary/aromatic N) is 1. The third-order valence-corrected chi connectivity index (χ3v) is 4.63. The van der Waals surface area contributed by atoms with Gasteiger partial charge >= 0.3 is 0 Å². The molecule has 0 atom stereocenters. The van der Waals surface area contributed by atoms with Crippen molar-refractivity contribution in [3.63, 3.8) is 0 Å². The van der Waals surface area contributed by atoms with Crippen LogP contribution in [0.4, 0.5) is 5.69 Å². The van der Waals surface area contributed by atoms with Gasteiger partial charge in [-0.25, -0.2) is 4.98 Å². The molecule has 1 heterocycles. The first-order chi connectivity index (χ1) is 13.5. The number of carbonyl (C=O) groups is 2. The van der Waals surface area contributed by atoms with Gasteiger partial charge in [0.1, 0.15) is 12.4 Å². The number of rotatable bonds is 7. The Morgan fingerprint density at radius 3 is 2.61 bits per heavy atom. The van der Waals surface area contributed by atoms with Crippen LogP contribution < -0.4 is 15.8 Å². The summed E-state index contributed by atoms with van der Waals surface area (Å²) in [6.07, 6.45) is 3.12. The molecule has 6 nitrogen and oxygen atoms in total. The smallest absolute Gasteiger partial charge is 0.248 e. The Morgan fingerprint density at radius 2 is 1.93 bits per heavy atom. The van der Waals surface area contributed by atoms with Crippen molar-refractivity contribution in [2.75, 3.05) is 5.32 Å². The van der Waals surface area contributed by atoms with E-state index in [9.17, 15) is 9.59 Å². The molecule has 3 aromatic rings.